The maximum atomic E-state index is 11.9. The molecule has 2 unspecified atom stereocenters. The molecular weight excluding hydrogens is 248 g/mol. The highest BCUT2D eigenvalue weighted by atomic mass is 16.6. The van der Waals surface area contributed by atoms with Crippen molar-refractivity contribution >= 4 is 11.9 Å². The summed E-state index contributed by atoms with van der Waals surface area (Å²) < 4.78 is 9.94. The Balaban J connectivity index is 4.87. The van der Waals surface area contributed by atoms with Crippen LogP contribution in [0, 0.1) is 5.92 Å². The monoisotopic (exact) mass is 272 g/mol. The smallest absolute Gasteiger partial charge is 0.336 e. The normalized spacial score (nSPS) is 14.1. The van der Waals surface area contributed by atoms with Crippen molar-refractivity contribution in [2.45, 2.75) is 59.4 Å². The average Bonchev–Trinajstić information content (AvgIpc) is 2.22. The quantitative estimate of drug-likeness (QED) is 0.565. The second-order valence-electron chi connectivity index (χ2n) is 5.18. The van der Waals surface area contributed by atoms with E-state index in [-0.39, 0.29) is 18.6 Å². The molecule has 0 aliphatic rings. The lowest BCUT2D eigenvalue weighted by Gasteiger charge is -2.22. The van der Waals surface area contributed by atoms with Crippen LogP contribution in [0.2, 0.25) is 0 Å². The van der Waals surface area contributed by atoms with Gasteiger partial charge in [-0.15, -0.1) is 6.58 Å². The molecule has 0 spiro atoms. The number of ether oxygens (including phenoxy) is 2. The van der Waals surface area contributed by atoms with Gasteiger partial charge in [-0.25, -0.2) is 4.79 Å². The van der Waals surface area contributed by atoms with E-state index >= 15 is 0 Å². The topological polar surface area (TPSA) is 72.8 Å². The number of hydrogen-bond donors (Lipinski definition) is 1. The Morgan fingerprint density at radius 2 is 1.47 bits per heavy atom. The number of aliphatic hydroxyl groups is 1. The van der Waals surface area contributed by atoms with Crippen LogP contribution in [0.25, 0.3) is 0 Å². The Hall–Kier alpha value is -1.36. The molecule has 2 atom stereocenters. The number of rotatable bonds is 7. The maximum Gasteiger partial charge on any atom is 0.336 e. The van der Waals surface area contributed by atoms with Crippen molar-refractivity contribution in [1.82, 2.24) is 0 Å². The molecule has 0 aliphatic heterocycles. The minimum Gasteiger partial charge on any atom is -0.463 e. The zero-order valence-electron chi connectivity index (χ0n) is 12.3. The second kappa shape index (κ2) is 7.94. The minimum atomic E-state index is -1.54. The Labute approximate surface area is 114 Å². The molecule has 0 radical (unpaired) electrons. The molecule has 5 heteroatoms. The predicted octanol–water partition coefficient (Wildman–Crippen LogP) is 1.83. The van der Waals surface area contributed by atoms with Gasteiger partial charge in [0, 0.05) is 0 Å². The molecule has 0 heterocycles. The molecule has 0 bridgehead atoms. The van der Waals surface area contributed by atoms with Crippen LogP contribution in [0.3, 0.4) is 0 Å². The van der Waals surface area contributed by atoms with E-state index in [1.54, 1.807) is 34.6 Å². The molecule has 110 valence electrons. The lowest BCUT2D eigenvalue weighted by atomic mass is 9.95. The number of hydrogen-bond acceptors (Lipinski definition) is 5. The average molecular weight is 272 g/mol. The van der Waals surface area contributed by atoms with Gasteiger partial charge in [0.25, 0.3) is 0 Å². The fraction of sp³-hybridized carbons (Fsp3) is 0.714. The summed E-state index contributed by atoms with van der Waals surface area (Å²) in [4.78, 5) is 23.5. The molecule has 1 N–H and O–H groups in total. The standard InChI is InChI=1S/C14H24O5/c1-8(2)7-11(13(16)18-9(3)4)12(15)14(17)19-10(5)6/h9-12,15H,1,7H2,2-6H3. The van der Waals surface area contributed by atoms with Crippen molar-refractivity contribution < 1.29 is 24.2 Å². The summed E-state index contributed by atoms with van der Waals surface area (Å²) in [7, 11) is 0. The van der Waals surface area contributed by atoms with Gasteiger partial charge in [-0.05, 0) is 41.0 Å². The molecule has 0 saturated heterocycles. The van der Waals surface area contributed by atoms with Crippen LogP contribution < -0.4 is 0 Å². The molecule has 0 amide bonds. The van der Waals surface area contributed by atoms with E-state index in [0.29, 0.717) is 5.57 Å². The third-order valence-corrected chi connectivity index (χ3v) is 2.20. The van der Waals surface area contributed by atoms with Gasteiger partial charge in [-0.3, -0.25) is 4.79 Å². The predicted molar refractivity (Wildman–Crippen MR) is 71.4 cm³/mol. The van der Waals surface area contributed by atoms with E-state index < -0.39 is 24.0 Å². The number of aliphatic hydroxyl groups excluding tert-OH is 1. The fourth-order valence-electron chi connectivity index (χ4n) is 1.49. The van der Waals surface area contributed by atoms with Crippen molar-refractivity contribution in [1.29, 1.82) is 0 Å². The van der Waals surface area contributed by atoms with Crippen molar-refractivity contribution in [3.8, 4) is 0 Å². The minimum absolute atomic E-state index is 0.180. The Bertz CT molecular complexity index is 333. The van der Waals surface area contributed by atoms with Crippen molar-refractivity contribution in [3.05, 3.63) is 12.2 Å². The second-order valence-corrected chi connectivity index (χ2v) is 5.18. The number of allylic oxidation sites excluding steroid dienone is 1. The van der Waals surface area contributed by atoms with Crippen LogP contribution in [0.4, 0.5) is 0 Å². The van der Waals surface area contributed by atoms with Crippen LogP contribution in [-0.2, 0) is 19.1 Å². The van der Waals surface area contributed by atoms with Gasteiger partial charge >= 0.3 is 11.9 Å². The Morgan fingerprint density at radius 1 is 1.05 bits per heavy atom. The highest BCUT2D eigenvalue weighted by Gasteiger charge is 2.35. The lowest BCUT2D eigenvalue weighted by molar-refractivity contribution is -0.170. The molecular formula is C14H24O5. The van der Waals surface area contributed by atoms with Gasteiger partial charge in [-0.2, -0.15) is 0 Å². The fourth-order valence-corrected chi connectivity index (χ4v) is 1.49. The first-order chi connectivity index (χ1) is 8.65. The van der Waals surface area contributed by atoms with Crippen LogP contribution in [-0.4, -0.2) is 35.4 Å². The number of carbonyl (C=O) groups is 2. The highest BCUT2D eigenvalue weighted by molar-refractivity contribution is 5.84. The Morgan fingerprint density at radius 3 is 1.84 bits per heavy atom. The summed E-state index contributed by atoms with van der Waals surface area (Å²) >= 11 is 0. The van der Waals surface area contributed by atoms with Gasteiger partial charge in [0.1, 0.15) is 0 Å². The summed E-state index contributed by atoms with van der Waals surface area (Å²) in [6.07, 6.45) is -2.02. The van der Waals surface area contributed by atoms with Crippen LogP contribution >= 0.6 is 0 Å². The van der Waals surface area contributed by atoms with E-state index in [1.807, 2.05) is 0 Å². The molecule has 0 fully saturated rings. The van der Waals surface area contributed by atoms with Crippen LogP contribution in [0.1, 0.15) is 41.0 Å². The Kier molecular flexibility index (Phi) is 7.37. The summed E-state index contributed by atoms with van der Waals surface area (Å²) in [5, 5.41) is 9.94. The number of esters is 2. The molecule has 0 aliphatic carbocycles. The van der Waals surface area contributed by atoms with E-state index in [4.69, 9.17) is 9.47 Å². The first-order valence-corrected chi connectivity index (χ1v) is 6.38. The zero-order valence-corrected chi connectivity index (χ0v) is 12.3. The van der Waals surface area contributed by atoms with E-state index in [1.165, 1.54) is 0 Å². The zero-order chi connectivity index (χ0) is 15.2. The van der Waals surface area contributed by atoms with Crippen molar-refractivity contribution in [3.63, 3.8) is 0 Å². The van der Waals surface area contributed by atoms with Gasteiger partial charge in [0.2, 0.25) is 0 Å². The highest BCUT2D eigenvalue weighted by Crippen LogP contribution is 2.19. The summed E-state index contributed by atoms with van der Waals surface area (Å²) in [5.41, 5.74) is 0.683. The molecule has 0 rings (SSSR count). The largest absolute Gasteiger partial charge is 0.463 e. The van der Waals surface area contributed by atoms with E-state index in [0.717, 1.165) is 0 Å². The maximum absolute atomic E-state index is 11.9. The summed E-state index contributed by atoms with van der Waals surface area (Å²) in [6, 6.07) is 0. The SMILES string of the molecule is C=C(C)CC(C(=O)OC(C)C)C(O)C(=O)OC(C)C. The van der Waals surface area contributed by atoms with Crippen LogP contribution in [0.5, 0.6) is 0 Å². The van der Waals surface area contributed by atoms with Gasteiger partial charge < -0.3 is 14.6 Å². The van der Waals surface area contributed by atoms with Crippen molar-refractivity contribution in [2.24, 2.45) is 5.92 Å². The van der Waals surface area contributed by atoms with Crippen molar-refractivity contribution in [2.75, 3.05) is 0 Å². The molecule has 0 aromatic carbocycles. The molecule has 5 nitrogen and oxygen atoms in total. The first kappa shape index (κ1) is 17.6. The van der Waals surface area contributed by atoms with E-state index in [2.05, 4.69) is 6.58 Å². The van der Waals surface area contributed by atoms with E-state index in [9.17, 15) is 14.7 Å². The summed E-state index contributed by atoms with van der Waals surface area (Å²) in [5.74, 6) is -2.42. The number of carbonyl (C=O) groups excluding carboxylic acids is 2. The molecule has 0 aromatic heterocycles. The molecule has 0 saturated carbocycles. The van der Waals surface area contributed by atoms with Gasteiger partial charge in [-0.1, -0.05) is 5.57 Å². The summed E-state index contributed by atoms with van der Waals surface area (Å²) in [6.45, 7) is 12.2. The molecule has 0 aromatic rings. The van der Waals surface area contributed by atoms with Gasteiger partial charge in [0.05, 0.1) is 18.1 Å². The third-order valence-electron chi connectivity index (χ3n) is 2.20. The third kappa shape index (κ3) is 6.96. The van der Waals surface area contributed by atoms with Crippen LogP contribution in [0.15, 0.2) is 12.2 Å². The molecule has 19 heavy (non-hydrogen) atoms. The first-order valence-electron chi connectivity index (χ1n) is 6.38. The lowest BCUT2D eigenvalue weighted by Crippen LogP contribution is -2.39. The van der Waals surface area contributed by atoms with Gasteiger partial charge in [0.15, 0.2) is 6.10 Å².